The van der Waals surface area contributed by atoms with Crippen LogP contribution in [0.3, 0.4) is 0 Å². The smallest absolute Gasteiger partial charge is 0.157 e. The van der Waals surface area contributed by atoms with E-state index < -0.39 is 0 Å². The SMILES string of the molecule is Cc1cc(NCC(C)C)n2nc(C3CCCN3)cc2n1. The van der Waals surface area contributed by atoms with Crippen LogP contribution < -0.4 is 10.6 Å². The molecule has 2 aromatic rings. The maximum Gasteiger partial charge on any atom is 0.157 e. The molecule has 1 aliphatic heterocycles. The fourth-order valence-corrected chi connectivity index (χ4v) is 2.66. The molecule has 1 unspecified atom stereocenters. The maximum absolute atomic E-state index is 4.74. The second kappa shape index (κ2) is 5.40. The van der Waals surface area contributed by atoms with Crippen molar-refractivity contribution in [3.05, 3.63) is 23.5 Å². The van der Waals surface area contributed by atoms with Gasteiger partial charge >= 0.3 is 0 Å². The fraction of sp³-hybridized carbons (Fsp3) is 0.600. The van der Waals surface area contributed by atoms with Gasteiger partial charge in [0.25, 0.3) is 0 Å². The second-order valence-electron chi connectivity index (χ2n) is 6.05. The van der Waals surface area contributed by atoms with Crippen molar-refractivity contribution in [2.75, 3.05) is 18.4 Å². The van der Waals surface area contributed by atoms with Crippen molar-refractivity contribution >= 4 is 11.5 Å². The highest BCUT2D eigenvalue weighted by Crippen LogP contribution is 2.24. The van der Waals surface area contributed by atoms with Crippen LogP contribution in [0, 0.1) is 12.8 Å². The first kappa shape index (κ1) is 13.4. The Balaban J connectivity index is 1.96. The summed E-state index contributed by atoms with van der Waals surface area (Å²) in [7, 11) is 0. The van der Waals surface area contributed by atoms with Crippen molar-refractivity contribution in [2.24, 2.45) is 5.92 Å². The van der Waals surface area contributed by atoms with Crippen LogP contribution in [-0.4, -0.2) is 27.7 Å². The molecule has 1 aliphatic rings. The number of nitrogens with zero attached hydrogens (tertiary/aromatic N) is 3. The molecule has 0 spiro atoms. The van der Waals surface area contributed by atoms with E-state index in [2.05, 4.69) is 41.6 Å². The molecule has 0 amide bonds. The molecule has 0 radical (unpaired) electrons. The minimum atomic E-state index is 0.384. The molecule has 0 aromatic carbocycles. The molecule has 5 heteroatoms. The van der Waals surface area contributed by atoms with Crippen LogP contribution in [0.4, 0.5) is 5.82 Å². The Bertz CT molecular complexity index is 596. The van der Waals surface area contributed by atoms with Gasteiger partial charge in [-0.15, -0.1) is 0 Å². The zero-order valence-electron chi connectivity index (χ0n) is 12.5. The number of aromatic nitrogens is 3. The average molecular weight is 273 g/mol. The van der Waals surface area contributed by atoms with E-state index in [1.807, 2.05) is 11.4 Å². The molecule has 0 bridgehead atoms. The second-order valence-corrected chi connectivity index (χ2v) is 6.05. The van der Waals surface area contributed by atoms with Gasteiger partial charge in [0, 0.05) is 24.4 Å². The molecular weight excluding hydrogens is 250 g/mol. The number of hydrogen-bond donors (Lipinski definition) is 2. The number of aryl methyl sites for hydroxylation is 1. The molecule has 108 valence electrons. The summed E-state index contributed by atoms with van der Waals surface area (Å²) in [6.07, 6.45) is 2.39. The first-order chi connectivity index (χ1) is 9.63. The summed E-state index contributed by atoms with van der Waals surface area (Å²) in [5.74, 6) is 1.63. The van der Waals surface area contributed by atoms with Gasteiger partial charge in [0.15, 0.2) is 5.65 Å². The van der Waals surface area contributed by atoms with E-state index >= 15 is 0 Å². The van der Waals surface area contributed by atoms with Gasteiger partial charge in [-0.3, -0.25) is 0 Å². The van der Waals surface area contributed by atoms with Gasteiger partial charge in [-0.2, -0.15) is 9.61 Å². The summed E-state index contributed by atoms with van der Waals surface area (Å²) >= 11 is 0. The summed E-state index contributed by atoms with van der Waals surface area (Å²) in [6.45, 7) is 8.46. The van der Waals surface area contributed by atoms with E-state index in [0.717, 1.165) is 42.4 Å². The van der Waals surface area contributed by atoms with Gasteiger partial charge in [0.1, 0.15) is 5.82 Å². The van der Waals surface area contributed by atoms with Crippen LogP contribution >= 0.6 is 0 Å². The Morgan fingerprint density at radius 2 is 2.30 bits per heavy atom. The van der Waals surface area contributed by atoms with Crippen molar-refractivity contribution in [3.63, 3.8) is 0 Å². The van der Waals surface area contributed by atoms with Gasteiger partial charge in [0.2, 0.25) is 0 Å². The molecule has 3 rings (SSSR count). The van der Waals surface area contributed by atoms with Crippen LogP contribution in [0.5, 0.6) is 0 Å². The predicted octanol–water partition coefficient (Wildman–Crippen LogP) is 2.53. The summed E-state index contributed by atoms with van der Waals surface area (Å²) in [5, 5.41) is 11.7. The third-order valence-corrected chi connectivity index (χ3v) is 3.68. The van der Waals surface area contributed by atoms with Crippen molar-refractivity contribution in [1.82, 2.24) is 19.9 Å². The number of fused-ring (bicyclic) bond motifs is 1. The summed E-state index contributed by atoms with van der Waals surface area (Å²) < 4.78 is 1.94. The van der Waals surface area contributed by atoms with Crippen molar-refractivity contribution < 1.29 is 0 Å². The summed E-state index contributed by atoms with van der Waals surface area (Å²) in [5.41, 5.74) is 3.06. The molecular formula is C15H23N5. The van der Waals surface area contributed by atoms with Crippen LogP contribution in [0.1, 0.15) is 44.1 Å². The lowest BCUT2D eigenvalue weighted by Gasteiger charge is -2.11. The Hall–Kier alpha value is -1.62. The highest BCUT2D eigenvalue weighted by Gasteiger charge is 2.20. The third kappa shape index (κ3) is 2.63. The lowest BCUT2D eigenvalue weighted by atomic mass is 10.2. The maximum atomic E-state index is 4.74. The Labute approximate surface area is 119 Å². The molecule has 1 atom stereocenters. The normalized spacial score (nSPS) is 19.1. The Morgan fingerprint density at radius 1 is 1.45 bits per heavy atom. The highest BCUT2D eigenvalue weighted by molar-refractivity contribution is 5.50. The Morgan fingerprint density at radius 3 is 3.00 bits per heavy atom. The largest absolute Gasteiger partial charge is 0.370 e. The molecule has 0 aliphatic carbocycles. The minimum absolute atomic E-state index is 0.384. The zero-order valence-corrected chi connectivity index (χ0v) is 12.5. The van der Waals surface area contributed by atoms with E-state index in [1.165, 1.54) is 6.42 Å². The average Bonchev–Trinajstić information content (AvgIpc) is 3.03. The monoisotopic (exact) mass is 273 g/mol. The van der Waals surface area contributed by atoms with Gasteiger partial charge < -0.3 is 10.6 Å². The lowest BCUT2D eigenvalue weighted by molar-refractivity contribution is 0.620. The molecule has 5 nitrogen and oxygen atoms in total. The van der Waals surface area contributed by atoms with E-state index in [1.54, 1.807) is 0 Å². The third-order valence-electron chi connectivity index (χ3n) is 3.68. The molecule has 1 fully saturated rings. The van der Waals surface area contributed by atoms with Gasteiger partial charge in [-0.1, -0.05) is 13.8 Å². The van der Waals surface area contributed by atoms with Crippen molar-refractivity contribution in [2.45, 2.75) is 39.7 Å². The topological polar surface area (TPSA) is 54.2 Å². The molecule has 1 saturated heterocycles. The van der Waals surface area contributed by atoms with Crippen LogP contribution in [0.25, 0.3) is 5.65 Å². The predicted molar refractivity (Wildman–Crippen MR) is 81.0 cm³/mol. The molecule has 20 heavy (non-hydrogen) atoms. The van der Waals surface area contributed by atoms with Crippen LogP contribution in [0.15, 0.2) is 12.1 Å². The van der Waals surface area contributed by atoms with E-state index in [0.29, 0.717) is 12.0 Å². The van der Waals surface area contributed by atoms with Gasteiger partial charge in [-0.05, 0) is 32.2 Å². The van der Waals surface area contributed by atoms with Crippen molar-refractivity contribution in [1.29, 1.82) is 0 Å². The van der Waals surface area contributed by atoms with E-state index in [9.17, 15) is 0 Å². The first-order valence-electron chi connectivity index (χ1n) is 7.48. The Kier molecular flexibility index (Phi) is 3.61. The summed E-state index contributed by atoms with van der Waals surface area (Å²) in [6, 6.07) is 4.56. The van der Waals surface area contributed by atoms with E-state index in [4.69, 9.17) is 5.10 Å². The molecule has 3 heterocycles. The minimum Gasteiger partial charge on any atom is -0.370 e. The highest BCUT2D eigenvalue weighted by atomic mass is 15.3. The number of hydrogen-bond acceptors (Lipinski definition) is 4. The lowest BCUT2D eigenvalue weighted by Crippen LogP contribution is -2.14. The van der Waals surface area contributed by atoms with Crippen molar-refractivity contribution in [3.8, 4) is 0 Å². The van der Waals surface area contributed by atoms with Gasteiger partial charge in [0.05, 0.1) is 11.7 Å². The quantitative estimate of drug-likeness (QED) is 0.899. The standard InChI is InChI=1S/C15H23N5/c1-10(2)9-17-14-7-11(3)18-15-8-13(19-20(14)15)12-5-4-6-16-12/h7-8,10,12,16-17H,4-6,9H2,1-3H3. The van der Waals surface area contributed by atoms with Crippen LogP contribution in [-0.2, 0) is 0 Å². The fourth-order valence-electron chi connectivity index (χ4n) is 2.66. The van der Waals surface area contributed by atoms with Gasteiger partial charge in [-0.25, -0.2) is 4.98 Å². The first-order valence-corrected chi connectivity index (χ1v) is 7.48. The number of nitrogens with one attached hydrogen (secondary N) is 2. The molecule has 2 aromatic heterocycles. The molecule has 2 N–H and O–H groups in total. The van der Waals surface area contributed by atoms with Crippen LogP contribution in [0.2, 0.25) is 0 Å². The molecule has 0 saturated carbocycles. The van der Waals surface area contributed by atoms with E-state index in [-0.39, 0.29) is 0 Å². The number of anilines is 1. The summed E-state index contributed by atoms with van der Waals surface area (Å²) in [4.78, 5) is 4.59. The number of rotatable bonds is 4. The zero-order chi connectivity index (χ0) is 14.1.